The second-order valence-electron chi connectivity index (χ2n) is 5.91. The van der Waals surface area contributed by atoms with Gasteiger partial charge in [-0.1, -0.05) is 0 Å². The highest BCUT2D eigenvalue weighted by Gasteiger charge is 2.79. The first kappa shape index (κ1) is 14.4. The van der Waals surface area contributed by atoms with Gasteiger partial charge in [0.15, 0.2) is 0 Å². The number of hydrogen-bond acceptors (Lipinski definition) is 5. The Hall–Kier alpha value is 0.0169. The van der Waals surface area contributed by atoms with Crippen molar-refractivity contribution < 1.29 is 8.85 Å². The van der Waals surface area contributed by atoms with E-state index in [0.29, 0.717) is 13.2 Å². The average Bonchev–Trinajstić information content (AvgIpc) is 3.10. The zero-order valence-corrected chi connectivity index (χ0v) is 12.8. The fourth-order valence-electron chi connectivity index (χ4n) is 3.81. The smallest absolute Gasteiger partial charge is 0.342 e. The Morgan fingerprint density at radius 1 is 1.00 bits per heavy atom. The summed E-state index contributed by atoms with van der Waals surface area (Å²) in [7, 11) is -2.29. The van der Waals surface area contributed by atoms with E-state index in [9.17, 15) is 0 Å². The van der Waals surface area contributed by atoms with E-state index >= 15 is 0 Å². The maximum atomic E-state index is 6.07. The van der Waals surface area contributed by atoms with Crippen LogP contribution in [0.5, 0.6) is 0 Å². The van der Waals surface area contributed by atoms with Crippen LogP contribution < -0.4 is 17.2 Å². The van der Waals surface area contributed by atoms with E-state index in [0.717, 1.165) is 25.7 Å². The van der Waals surface area contributed by atoms with Crippen LogP contribution in [0, 0.1) is 5.41 Å². The number of rotatable bonds is 7. The van der Waals surface area contributed by atoms with Gasteiger partial charge in [0, 0.05) is 23.7 Å². The van der Waals surface area contributed by atoms with Gasteiger partial charge in [-0.15, -0.1) is 0 Å². The molecule has 0 aromatic carbocycles. The van der Waals surface area contributed by atoms with Crippen LogP contribution >= 0.6 is 0 Å². The Balaban J connectivity index is 2.30. The van der Waals surface area contributed by atoms with E-state index in [1.54, 1.807) is 0 Å². The highest BCUT2D eigenvalue weighted by atomic mass is 28.4. The lowest BCUT2D eigenvalue weighted by Gasteiger charge is -2.45. The zero-order chi connectivity index (χ0) is 13.7. The molecular weight excluding hydrogens is 246 g/mol. The molecule has 2 aliphatic rings. The molecule has 0 unspecified atom stereocenters. The highest BCUT2D eigenvalue weighted by molar-refractivity contribution is 6.70. The van der Waals surface area contributed by atoms with Crippen LogP contribution in [0.2, 0.25) is 11.6 Å². The molecule has 6 heteroatoms. The Bertz CT molecular complexity index is 316. The second-order valence-corrected chi connectivity index (χ2v) is 9.33. The zero-order valence-electron chi connectivity index (χ0n) is 11.8. The maximum absolute atomic E-state index is 6.07. The van der Waals surface area contributed by atoms with E-state index in [1.165, 1.54) is 0 Å². The summed E-state index contributed by atoms with van der Waals surface area (Å²) in [5.74, 6) is -1.12. The third-order valence-electron chi connectivity index (χ3n) is 4.95. The third-order valence-corrected chi connectivity index (χ3v) is 9.35. The fourth-order valence-corrected chi connectivity index (χ4v) is 7.92. The third kappa shape index (κ3) is 1.78. The van der Waals surface area contributed by atoms with Crippen molar-refractivity contribution in [1.82, 2.24) is 0 Å². The summed E-state index contributed by atoms with van der Waals surface area (Å²) < 4.78 is 12.1. The van der Waals surface area contributed by atoms with Gasteiger partial charge >= 0.3 is 8.56 Å². The van der Waals surface area contributed by atoms with Gasteiger partial charge in [0.2, 0.25) is 0 Å². The van der Waals surface area contributed by atoms with Crippen molar-refractivity contribution in [3.63, 3.8) is 0 Å². The van der Waals surface area contributed by atoms with E-state index in [-0.39, 0.29) is 10.5 Å². The Morgan fingerprint density at radius 2 is 1.44 bits per heavy atom. The van der Waals surface area contributed by atoms with Gasteiger partial charge in [0.25, 0.3) is 0 Å². The molecule has 0 aromatic rings. The summed E-state index contributed by atoms with van der Waals surface area (Å²) in [6.07, 6.45) is 4.17. The predicted octanol–water partition coefficient (Wildman–Crippen LogP) is 0.976. The van der Waals surface area contributed by atoms with Gasteiger partial charge in [0.05, 0.1) is 0 Å². The molecule has 106 valence electrons. The van der Waals surface area contributed by atoms with Crippen LogP contribution in [0.3, 0.4) is 0 Å². The van der Waals surface area contributed by atoms with Crippen molar-refractivity contribution >= 4 is 8.56 Å². The highest BCUT2D eigenvalue weighted by Crippen LogP contribution is 2.81. The molecule has 2 aliphatic carbocycles. The quantitative estimate of drug-likeness (QED) is 0.474. The predicted molar refractivity (Wildman–Crippen MR) is 73.8 cm³/mol. The van der Waals surface area contributed by atoms with Gasteiger partial charge in [-0.05, 0) is 46.1 Å². The lowest BCUT2D eigenvalue weighted by molar-refractivity contribution is 0.133. The number of hydrogen-bond donors (Lipinski definition) is 3. The normalized spacial score (nSPS) is 25.0. The van der Waals surface area contributed by atoms with Crippen LogP contribution in [0.4, 0.5) is 0 Å². The van der Waals surface area contributed by atoms with E-state index in [2.05, 4.69) is 6.55 Å². The minimum Gasteiger partial charge on any atom is -0.394 e. The molecule has 18 heavy (non-hydrogen) atoms. The molecule has 0 saturated heterocycles. The van der Waals surface area contributed by atoms with E-state index < -0.39 is 14.3 Å². The summed E-state index contributed by atoms with van der Waals surface area (Å²) in [5, 5.41) is 0.0181. The van der Waals surface area contributed by atoms with Crippen molar-refractivity contribution in [2.24, 2.45) is 22.6 Å². The SMILES string of the molecule is CCO[Si](C)(OCC)C1(C2(C(N)(N)N)CC2)CC1. The average molecular weight is 273 g/mol. The lowest BCUT2D eigenvalue weighted by Crippen LogP contribution is -2.69. The Labute approximate surface area is 111 Å². The summed E-state index contributed by atoms with van der Waals surface area (Å²) in [6.45, 7) is 7.53. The van der Waals surface area contributed by atoms with Crippen LogP contribution in [0.1, 0.15) is 39.5 Å². The maximum Gasteiger partial charge on any atom is 0.342 e. The summed E-state index contributed by atoms with van der Waals surface area (Å²) in [5.41, 5.74) is 18.0. The molecule has 0 amide bonds. The molecule has 0 radical (unpaired) electrons. The molecule has 0 spiro atoms. The Morgan fingerprint density at radius 3 is 1.67 bits per heavy atom. The molecule has 0 bridgehead atoms. The first-order valence-electron chi connectivity index (χ1n) is 6.93. The minimum atomic E-state index is -2.29. The molecular formula is C12H27N3O2Si. The van der Waals surface area contributed by atoms with Crippen molar-refractivity contribution in [3.8, 4) is 0 Å². The van der Waals surface area contributed by atoms with E-state index in [1.807, 2.05) is 13.8 Å². The van der Waals surface area contributed by atoms with Gasteiger partial charge in [-0.3, -0.25) is 0 Å². The van der Waals surface area contributed by atoms with Crippen molar-refractivity contribution in [2.75, 3.05) is 13.2 Å². The molecule has 2 fully saturated rings. The molecule has 6 N–H and O–H groups in total. The largest absolute Gasteiger partial charge is 0.394 e. The fraction of sp³-hybridized carbons (Fsp3) is 1.00. The Kier molecular flexibility index (Phi) is 3.41. The van der Waals surface area contributed by atoms with Crippen LogP contribution in [0.15, 0.2) is 0 Å². The second kappa shape index (κ2) is 4.26. The molecule has 0 heterocycles. The topological polar surface area (TPSA) is 96.5 Å². The molecule has 2 rings (SSSR count). The lowest BCUT2D eigenvalue weighted by atomic mass is 9.92. The molecule has 0 atom stereocenters. The molecule has 5 nitrogen and oxygen atoms in total. The molecule has 0 aliphatic heterocycles. The molecule has 0 aromatic heterocycles. The van der Waals surface area contributed by atoms with Crippen LogP contribution in [-0.2, 0) is 8.85 Å². The first-order chi connectivity index (χ1) is 8.29. The van der Waals surface area contributed by atoms with Crippen molar-refractivity contribution in [2.45, 2.75) is 56.9 Å². The summed E-state index contributed by atoms with van der Waals surface area (Å²) in [4.78, 5) is 0. The van der Waals surface area contributed by atoms with Gasteiger partial charge in [-0.2, -0.15) is 0 Å². The van der Waals surface area contributed by atoms with Gasteiger partial charge in [-0.25, -0.2) is 0 Å². The van der Waals surface area contributed by atoms with Crippen molar-refractivity contribution in [3.05, 3.63) is 0 Å². The van der Waals surface area contributed by atoms with Gasteiger partial charge in [0.1, 0.15) is 5.79 Å². The molecule has 2 saturated carbocycles. The number of nitrogens with two attached hydrogens (primary N) is 3. The van der Waals surface area contributed by atoms with Crippen LogP contribution in [0.25, 0.3) is 0 Å². The minimum absolute atomic E-state index is 0.0181. The monoisotopic (exact) mass is 273 g/mol. The first-order valence-corrected chi connectivity index (χ1v) is 9.25. The van der Waals surface area contributed by atoms with Gasteiger partial charge < -0.3 is 26.1 Å². The van der Waals surface area contributed by atoms with E-state index in [4.69, 9.17) is 26.1 Å². The standard InChI is InChI=1S/C12H27N3O2Si/c1-4-16-18(3,17-5-2)11(8-9-11)10(6-7-10)12(13,14)15/h4-9,13-15H2,1-3H3. The summed E-state index contributed by atoms with van der Waals surface area (Å²) >= 11 is 0. The van der Waals surface area contributed by atoms with Crippen molar-refractivity contribution in [1.29, 1.82) is 0 Å². The van der Waals surface area contributed by atoms with Crippen LogP contribution in [-0.4, -0.2) is 27.6 Å². The summed E-state index contributed by atoms with van der Waals surface area (Å²) in [6, 6.07) is 0.